The minimum Gasteiger partial charge on any atom is -0.493 e. The zero-order valence-corrected chi connectivity index (χ0v) is 15.3. The number of methoxy groups -OCH3 is 1. The van der Waals surface area contributed by atoms with Crippen molar-refractivity contribution in [3.63, 3.8) is 0 Å². The number of nitrogen functional groups attached to an aromatic ring is 1. The van der Waals surface area contributed by atoms with Crippen LogP contribution in [0.5, 0.6) is 11.5 Å². The molecule has 0 unspecified atom stereocenters. The molecule has 0 spiro atoms. The Morgan fingerprint density at radius 1 is 1.18 bits per heavy atom. The number of nitrogens with one attached hydrogen (secondary N) is 1. The SMILES string of the molecule is COc1cc(CNC(=O)COC(=O)c2cccc(C)c2N)ccc1OC(F)F. The van der Waals surface area contributed by atoms with E-state index in [2.05, 4.69) is 10.1 Å². The largest absolute Gasteiger partial charge is 0.493 e. The number of halogens is 2. The van der Waals surface area contributed by atoms with Gasteiger partial charge in [0, 0.05) is 12.2 Å². The Kier molecular flexibility index (Phi) is 7.14. The molecule has 0 saturated carbocycles. The second-order valence-electron chi connectivity index (χ2n) is 5.75. The zero-order chi connectivity index (χ0) is 20.7. The molecule has 1 amide bonds. The van der Waals surface area contributed by atoms with Crippen molar-refractivity contribution in [3.05, 3.63) is 53.1 Å². The monoisotopic (exact) mass is 394 g/mol. The Balaban J connectivity index is 1.88. The van der Waals surface area contributed by atoms with Crippen LogP contribution in [0, 0.1) is 6.92 Å². The molecule has 9 heteroatoms. The first-order valence-electron chi connectivity index (χ1n) is 8.22. The van der Waals surface area contributed by atoms with Crippen LogP contribution in [-0.2, 0) is 16.1 Å². The Morgan fingerprint density at radius 2 is 1.93 bits per heavy atom. The van der Waals surface area contributed by atoms with E-state index in [9.17, 15) is 18.4 Å². The van der Waals surface area contributed by atoms with Gasteiger partial charge in [-0.1, -0.05) is 18.2 Å². The average molecular weight is 394 g/mol. The van der Waals surface area contributed by atoms with Gasteiger partial charge in [0.15, 0.2) is 18.1 Å². The van der Waals surface area contributed by atoms with Crippen molar-refractivity contribution in [2.45, 2.75) is 20.1 Å². The van der Waals surface area contributed by atoms with E-state index in [0.29, 0.717) is 11.3 Å². The van der Waals surface area contributed by atoms with Crippen LogP contribution in [0.15, 0.2) is 36.4 Å². The van der Waals surface area contributed by atoms with E-state index in [1.807, 2.05) is 0 Å². The number of anilines is 1. The van der Waals surface area contributed by atoms with Gasteiger partial charge in [0.25, 0.3) is 5.91 Å². The van der Waals surface area contributed by atoms with E-state index in [4.69, 9.17) is 15.2 Å². The minimum absolute atomic E-state index is 0.0777. The normalized spacial score (nSPS) is 10.5. The first kappa shape index (κ1) is 20.9. The molecule has 0 aliphatic carbocycles. The summed E-state index contributed by atoms with van der Waals surface area (Å²) in [7, 11) is 1.31. The first-order valence-corrected chi connectivity index (χ1v) is 8.22. The number of hydrogen-bond acceptors (Lipinski definition) is 6. The lowest BCUT2D eigenvalue weighted by molar-refractivity contribution is -0.124. The van der Waals surface area contributed by atoms with Crippen LogP contribution in [0.2, 0.25) is 0 Å². The Bertz CT molecular complexity index is 858. The summed E-state index contributed by atoms with van der Waals surface area (Å²) in [6, 6.07) is 9.20. The van der Waals surface area contributed by atoms with Gasteiger partial charge in [-0.15, -0.1) is 0 Å². The van der Waals surface area contributed by atoms with Crippen LogP contribution >= 0.6 is 0 Å². The number of alkyl halides is 2. The molecule has 0 fully saturated rings. The maximum atomic E-state index is 12.3. The molecule has 7 nitrogen and oxygen atoms in total. The van der Waals surface area contributed by atoms with Crippen molar-refractivity contribution in [1.29, 1.82) is 0 Å². The van der Waals surface area contributed by atoms with Crippen molar-refractivity contribution >= 4 is 17.6 Å². The molecular weight excluding hydrogens is 374 g/mol. The maximum Gasteiger partial charge on any atom is 0.387 e. The number of rotatable bonds is 8. The minimum atomic E-state index is -2.98. The van der Waals surface area contributed by atoms with E-state index in [-0.39, 0.29) is 23.6 Å². The van der Waals surface area contributed by atoms with Gasteiger partial charge in [-0.2, -0.15) is 8.78 Å². The number of ether oxygens (including phenoxy) is 3. The highest BCUT2D eigenvalue weighted by Gasteiger charge is 2.15. The molecular formula is C19H20F2N2O5. The highest BCUT2D eigenvalue weighted by molar-refractivity contribution is 5.96. The van der Waals surface area contributed by atoms with E-state index >= 15 is 0 Å². The molecule has 0 aliphatic heterocycles. The summed E-state index contributed by atoms with van der Waals surface area (Å²) in [4.78, 5) is 23.9. The first-order chi connectivity index (χ1) is 13.3. The van der Waals surface area contributed by atoms with Gasteiger partial charge in [0.1, 0.15) is 0 Å². The highest BCUT2D eigenvalue weighted by Crippen LogP contribution is 2.29. The van der Waals surface area contributed by atoms with Gasteiger partial charge >= 0.3 is 12.6 Å². The number of amides is 1. The third-order valence-electron chi connectivity index (χ3n) is 3.81. The third kappa shape index (κ3) is 5.57. The van der Waals surface area contributed by atoms with Gasteiger partial charge in [-0.25, -0.2) is 4.79 Å². The highest BCUT2D eigenvalue weighted by atomic mass is 19.3. The molecule has 0 aromatic heterocycles. The molecule has 0 saturated heterocycles. The predicted molar refractivity (Wildman–Crippen MR) is 97.3 cm³/mol. The fourth-order valence-electron chi connectivity index (χ4n) is 2.33. The van der Waals surface area contributed by atoms with Gasteiger partial charge in [-0.3, -0.25) is 4.79 Å². The number of carbonyl (C=O) groups is 2. The van der Waals surface area contributed by atoms with Crippen molar-refractivity contribution in [1.82, 2.24) is 5.32 Å². The summed E-state index contributed by atoms with van der Waals surface area (Å²) in [6.45, 7) is -1.63. The number of esters is 1. The van der Waals surface area contributed by atoms with E-state index in [1.165, 1.54) is 31.4 Å². The van der Waals surface area contributed by atoms with Crippen molar-refractivity contribution in [3.8, 4) is 11.5 Å². The summed E-state index contributed by atoms with van der Waals surface area (Å²) in [5.41, 5.74) is 7.62. The fraction of sp³-hybridized carbons (Fsp3) is 0.263. The Morgan fingerprint density at radius 3 is 2.61 bits per heavy atom. The molecule has 0 atom stereocenters. The molecule has 0 heterocycles. The van der Waals surface area contributed by atoms with Crippen LogP contribution in [0.1, 0.15) is 21.5 Å². The standard InChI is InChI=1S/C19H20F2N2O5/c1-11-4-3-5-13(17(11)22)18(25)27-10-16(24)23-9-12-6-7-14(28-19(20)21)15(8-12)26-2/h3-8,19H,9-10,22H2,1-2H3,(H,23,24). The molecule has 3 N–H and O–H groups in total. The number of hydrogen-bond donors (Lipinski definition) is 2. The lowest BCUT2D eigenvalue weighted by atomic mass is 10.1. The summed E-state index contributed by atoms with van der Waals surface area (Å²) in [5.74, 6) is -1.25. The van der Waals surface area contributed by atoms with Crippen LogP contribution in [-0.4, -0.2) is 32.2 Å². The van der Waals surface area contributed by atoms with Crippen LogP contribution in [0.25, 0.3) is 0 Å². The lowest BCUT2D eigenvalue weighted by Gasteiger charge is -2.12. The zero-order valence-electron chi connectivity index (χ0n) is 15.3. The van der Waals surface area contributed by atoms with Gasteiger partial charge in [0.2, 0.25) is 0 Å². The molecule has 28 heavy (non-hydrogen) atoms. The topological polar surface area (TPSA) is 99.9 Å². The Hall–Kier alpha value is -3.36. The van der Waals surface area contributed by atoms with Crippen molar-refractivity contribution in [2.75, 3.05) is 19.5 Å². The summed E-state index contributed by atoms with van der Waals surface area (Å²) in [5, 5.41) is 2.55. The summed E-state index contributed by atoms with van der Waals surface area (Å²) >= 11 is 0. The summed E-state index contributed by atoms with van der Waals surface area (Å²) in [6.07, 6.45) is 0. The maximum absolute atomic E-state index is 12.3. The van der Waals surface area contributed by atoms with E-state index in [1.54, 1.807) is 19.1 Å². The fourth-order valence-corrected chi connectivity index (χ4v) is 2.33. The number of aryl methyl sites for hydroxylation is 1. The van der Waals surface area contributed by atoms with Gasteiger partial charge in [0.05, 0.1) is 12.7 Å². The third-order valence-corrected chi connectivity index (χ3v) is 3.81. The van der Waals surface area contributed by atoms with Crippen molar-refractivity contribution in [2.24, 2.45) is 0 Å². The average Bonchev–Trinajstić information content (AvgIpc) is 2.67. The van der Waals surface area contributed by atoms with E-state index in [0.717, 1.165) is 5.56 Å². The number of nitrogens with two attached hydrogens (primary N) is 1. The molecule has 0 bridgehead atoms. The lowest BCUT2D eigenvalue weighted by Crippen LogP contribution is -2.28. The predicted octanol–water partition coefficient (Wildman–Crippen LogP) is 2.66. The van der Waals surface area contributed by atoms with Gasteiger partial charge in [-0.05, 0) is 36.2 Å². The number of benzene rings is 2. The smallest absolute Gasteiger partial charge is 0.387 e. The quantitative estimate of drug-likeness (QED) is 0.528. The molecule has 2 rings (SSSR count). The van der Waals surface area contributed by atoms with Crippen molar-refractivity contribution < 1.29 is 32.6 Å². The molecule has 150 valence electrons. The van der Waals surface area contributed by atoms with Gasteiger partial charge < -0.3 is 25.3 Å². The molecule has 2 aromatic rings. The summed E-state index contributed by atoms with van der Waals surface area (Å²) < 4.78 is 38.9. The van der Waals surface area contributed by atoms with Crippen LogP contribution in [0.3, 0.4) is 0 Å². The second-order valence-corrected chi connectivity index (χ2v) is 5.75. The molecule has 2 aromatic carbocycles. The molecule has 0 aliphatic rings. The van der Waals surface area contributed by atoms with Crippen LogP contribution in [0.4, 0.5) is 14.5 Å². The molecule has 0 radical (unpaired) electrons. The van der Waals surface area contributed by atoms with Crippen LogP contribution < -0.4 is 20.5 Å². The Labute approximate surface area is 160 Å². The second kappa shape index (κ2) is 9.54. The number of carbonyl (C=O) groups excluding carboxylic acids is 2. The number of para-hydroxylation sites is 1. The van der Waals surface area contributed by atoms with E-state index < -0.39 is 25.1 Å².